The van der Waals surface area contributed by atoms with Crippen LogP contribution in [-0.4, -0.2) is 5.78 Å². The number of benzene rings is 1. The number of ketones is 1. The number of hydrogen-bond donors (Lipinski definition) is 0. The molecular weight excluding hydrogens is 202 g/mol. The van der Waals surface area contributed by atoms with E-state index in [1.165, 1.54) is 0 Å². The molecule has 0 radical (unpaired) electrons. The maximum Gasteiger partial charge on any atom is 0.134 e. The number of rotatable bonds is 4. The lowest BCUT2D eigenvalue weighted by atomic mass is 10.0. The van der Waals surface area contributed by atoms with Crippen LogP contribution in [-0.2, 0) is 11.2 Å². The number of allylic oxidation sites excluding steroid dienone is 1. The summed E-state index contributed by atoms with van der Waals surface area (Å²) in [7, 11) is 0. The van der Waals surface area contributed by atoms with E-state index in [0.29, 0.717) is 12.1 Å². The van der Waals surface area contributed by atoms with E-state index in [4.69, 9.17) is 5.53 Å². The van der Waals surface area contributed by atoms with Gasteiger partial charge in [-0.05, 0) is 36.6 Å². The summed E-state index contributed by atoms with van der Waals surface area (Å²) in [6, 6.07) is 5.33. The maximum atomic E-state index is 11.1. The molecular formula is C12H13N3O. The van der Waals surface area contributed by atoms with Crippen LogP contribution in [0.5, 0.6) is 0 Å². The largest absolute Gasteiger partial charge is 0.300 e. The third-order valence-corrected chi connectivity index (χ3v) is 2.07. The van der Waals surface area contributed by atoms with Gasteiger partial charge in [-0.15, -0.1) is 0 Å². The predicted octanol–water partition coefficient (Wildman–Crippen LogP) is 3.79. The predicted molar refractivity (Wildman–Crippen MR) is 64.3 cm³/mol. The molecule has 0 atom stereocenters. The van der Waals surface area contributed by atoms with Crippen LogP contribution in [0.2, 0.25) is 0 Å². The fourth-order valence-electron chi connectivity index (χ4n) is 1.47. The molecule has 0 N–H and O–H groups in total. The Morgan fingerprint density at radius 3 is 2.88 bits per heavy atom. The molecule has 0 saturated carbocycles. The van der Waals surface area contributed by atoms with Gasteiger partial charge in [-0.25, -0.2) is 0 Å². The van der Waals surface area contributed by atoms with E-state index in [-0.39, 0.29) is 5.78 Å². The molecule has 0 bridgehead atoms. The molecule has 82 valence electrons. The van der Waals surface area contributed by atoms with E-state index >= 15 is 0 Å². The van der Waals surface area contributed by atoms with Gasteiger partial charge in [-0.1, -0.05) is 29.4 Å². The van der Waals surface area contributed by atoms with E-state index in [1.54, 1.807) is 19.1 Å². The Hall–Kier alpha value is -2.06. The van der Waals surface area contributed by atoms with E-state index in [1.807, 2.05) is 25.1 Å². The third-order valence-electron chi connectivity index (χ3n) is 2.07. The summed E-state index contributed by atoms with van der Waals surface area (Å²) in [6.45, 7) is 3.46. The van der Waals surface area contributed by atoms with Crippen LogP contribution in [0.3, 0.4) is 0 Å². The van der Waals surface area contributed by atoms with E-state index in [2.05, 4.69) is 10.0 Å². The lowest BCUT2D eigenvalue weighted by Crippen LogP contribution is -1.98. The van der Waals surface area contributed by atoms with Gasteiger partial charge >= 0.3 is 0 Å². The fraction of sp³-hybridized carbons (Fsp3) is 0.250. The second-order valence-electron chi connectivity index (χ2n) is 3.45. The minimum Gasteiger partial charge on any atom is -0.300 e. The molecule has 0 fully saturated rings. The molecule has 0 spiro atoms. The van der Waals surface area contributed by atoms with Crippen molar-refractivity contribution in [2.24, 2.45) is 5.11 Å². The van der Waals surface area contributed by atoms with Crippen LogP contribution in [0, 0.1) is 0 Å². The number of nitrogens with zero attached hydrogens (tertiary/aromatic N) is 3. The Morgan fingerprint density at radius 1 is 1.56 bits per heavy atom. The average molecular weight is 215 g/mol. The zero-order valence-electron chi connectivity index (χ0n) is 9.34. The Labute approximate surface area is 94.2 Å². The van der Waals surface area contributed by atoms with Crippen molar-refractivity contribution in [3.8, 4) is 0 Å². The minimum atomic E-state index is 0.0869. The first-order valence-electron chi connectivity index (χ1n) is 4.97. The maximum absolute atomic E-state index is 11.1. The van der Waals surface area contributed by atoms with Crippen molar-refractivity contribution in [2.75, 3.05) is 0 Å². The standard InChI is InChI=1S/C12H13N3O/c1-3-4-10-5-6-12(14-15-13)8-11(10)7-9(2)16/h3-6,8H,7H2,1-2H3/b4-3+. The summed E-state index contributed by atoms with van der Waals surface area (Å²) in [4.78, 5) is 13.8. The van der Waals surface area contributed by atoms with Gasteiger partial charge in [0.15, 0.2) is 0 Å². The molecule has 0 unspecified atom stereocenters. The van der Waals surface area contributed by atoms with Crippen LogP contribution in [0.4, 0.5) is 5.69 Å². The molecule has 0 aliphatic heterocycles. The van der Waals surface area contributed by atoms with Crippen molar-refractivity contribution >= 4 is 17.5 Å². The first kappa shape index (κ1) is 12.0. The molecule has 0 aliphatic carbocycles. The molecule has 4 nitrogen and oxygen atoms in total. The van der Waals surface area contributed by atoms with Gasteiger partial charge < -0.3 is 0 Å². The summed E-state index contributed by atoms with van der Waals surface area (Å²) < 4.78 is 0. The molecule has 0 aliphatic rings. The zero-order valence-corrected chi connectivity index (χ0v) is 9.34. The Balaban J connectivity index is 3.19. The molecule has 0 amide bonds. The van der Waals surface area contributed by atoms with Crippen molar-refractivity contribution in [3.05, 3.63) is 45.8 Å². The highest BCUT2D eigenvalue weighted by molar-refractivity contribution is 5.80. The molecule has 0 heterocycles. The Kier molecular flexibility index (Phi) is 4.30. The number of carbonyl (C=O) groups is 1. The molecule has 0 saturated heterocycles. The highest BCUT2D eigenvalue weighted by Gasteiger charge is 2.03. The Bertz CT molecular complexity index is 471. The van der Waals surface area contributed by atoms with E-state index < -0.39 is 0 Å². The average Bonchev–Trinajstić information content (AvgIpc) is 2.22. The molecule has 0 aromatic heterocycles. The number of hydrogen-bond acceptors (Lipinski definition) is 2. The topological polar surface area (TPSA) is 65.8 Å². The summed E-state index contributed by atoms with van der Waals surface area (Å²) in [5, 5.41) is 3.52. The normalized spacial score (nSPS) is 10.1. The number of carbonyl (C=O) groups excluding carboxylic acids is 1. The van der Waals surface area contributed by atoms with Crippen LogP contribution in [0.25, 0.3) is 16.5 Å². The highest BCUT2D eigenvalue weighted by atomic mass is 16.1. The van der Waals surface area contributed by atoms with E-state index in [0.717, 1.165) is 11.1 Å². The second kappa shape index (κ2) is 5.73. The van der Waals surface area contributed by atoms with Gasteiger partial charge in [-0.2, -0.15) is 0 Å². The van der Waals surface area contributed by atoms with Crippen LogP contribution >= 0.6 is 0 Å². The number of Topliss-reactive ketones (excluding diaryl/α,β-unsaturated/α-hetero) is 1. The van der Waals surface area contributed by atoms with Gasteiger partial charge in [0.1, 0.15) is 5.78 Å². The SMILES string of the molecule is C/C=C/c1ccc(N=[N+]=[N-])cc1CC(C)=O. The van der Waals surface area contributed by atoms with Crippen molar-refractivity contribution in [1.29, 1.82) is 0 Å². The van der Waals surface area contributed by atoms with Crippen molar-refractivity contribution in [1.82, 2.24) is 0 Å². The number of azide groups is 1. The second-order valence-corrected chi connectivity index (χ2v) is 3.45. The molecule has 1 rings (SSSR count). The zero-order chi connectivity index (χ0) is 12.0. The summed E-state index contributed by atoms with van der Waals surface area (Å²) >= 11 is 0. The van der Waals surface area contributed by atoms with Gasteiger partial charge in [0.2, 0.25) is 0 Å². The fourth-order valence-corrected chi connectivity index (χ4v) is 1.47. The van der Waals surface area contributed by atoms with Gasteiger partial charge in [0.25, 0.3) is 0 Å². The lowest BCUT2D eigenvalue weighted by Gasteiger charge is -2.05. The molecule has 1 aromatic rings. The molecule has 4 heteroatoms. The minimum absolute atomic E-state index is 0.0869. The smallest absolute Gasteiger partial charge is 0.134 e. The van der Waals surface area contributed by atoms with Crippen molar-refractivity contribution < 1.29 is 4.79 Å². The van der Waals surface area contributed by atoms with Gasteiger partial charge in [0.05, 0.1) is 0 Å². The highest BCUT2D eigenvalue weighted by Crippen LogP contribution is 2.20. The van der Waals surface area contributed by atoms with Crippen LogP contribution in [0.1, 0.15) is 25.0 Å². The van der Waals surface area contributed by atoms with Gasteiger partial charge in [-0.3, -0.25) is 4.79 Å². The lowest BCUT2D eigenvalue weighted by molar-refractivity contribution is -0.116. The monoisotopic (exact) mass is 215 g/mol. The van der Waals surface area contributed by atoms with Crippen molar-refractivity contribution in [2.45, 2.75) is 20.3 Å². The summed E-state index contributed by atoms with van der Waals surface area (Å²) in [6.07, 6.45) is 4.19. The first-order valence-corrected chi connectivity index (χ1v) is 4.97. The summed E-state index contributed by atoms with van der Waals surface area (Å²) in [5.41, 5.74) is 10.7. The Morgan fingerprint density at radius 2 is 2.31 bits per heavy atom. The van der Waals surface area contributed by atoms with Gasteiger partial charge in [0, 0.05) is 17.0 Å². The first-order chi connectivity index (χ1) is 7.67. The van der Waals surface area contributed by atoms with Crippen LogP contribution < -0.4 is 0 Å². The molecule has 1 aromatic carbocycles. The summed E-state index contributed by atoms with van der Waals surface area (Å²) in [5.74, 6) is 0.0869. The van der Waals surface area contributed by atoms with E-state index in [9.17, 15) is 4.79 Å². The van der Waals surface area contributed by atoms with Crippen molar-refractivity contribution in [3.63, 3.8) is 0 Å². The van der Waals surface area contributed by atoms with Crippen LogP contribution in [0.15, 0.2) is 29.4 Å². The third kappa shape index (κ3) is 3.26. The quantitative estimate of drug-likeness (QED) is 0.428. The molecule has 16 heavy (non-hydrogen) atoms.